The second-order valence-electron chi connectivity index (χ2n) is 8.50. The van der Waals surface area contributed by atoms with Crippen LogP contribution in [0.5, 0.6) is 0 Å². The summed E-state index contributed by atoms with van der Waals surface area (Å²) in [6, 6.07) is 14.6. The van der Waals surface area contributed by atoms with Gasteiger partial charge < -0.3 is 15.4 Å². The molecular formula is C24H23BrN2O4. The number of amides is 2. The molecule has 3 fully saturated rings. The number of alkyl halides is 1. The van der Waals surface area contributed by atoms with E-state index in [1.807, 2.05) is 31.2 Å². The van der Waals surface area contributed by atoms with Gasteiger partial charge in [0.1, 0.15) is 6.10 Å². The van der Waals surface area contributed by atoms with Gasteiger partial charge in [-0.1, -0.05) is 47.1 Å². The van der Waals surface area contributed by atoms with Gasteiger partial charge >= 0.3 is 5.97 Å². The molecule has 1 heterocycles. The molecule has 7 heteroatoms. The van der Waals surface area contributed by atoms with E-state index in [0.29, 0.717) is 11.3 Å². The van der Waals surface area contributed by atoms with Gasteiger partial charge in [-0.05, 0) is 48.6 Å². The summed E-state index contributed by atoms with van der Waals surface area (Å²) in [5, 5.41) is 5.88. The molecule has 2 aliphatic carbocycles. The van der Waals surface area contributed by atoms with E-state index in [9.17, 15) is 14.4 Å². The lowest BCUT2D eigenvalue weighted by Crippen LogP contribution is -2.40. The Labute approximate surface area is 188 Å². The maximum atomic E-state index is 13.1. The van der Waals surface area contributed by atoms with Gasteiger partial charge in [-0.3, -0.25) is 14.4 Å². The van der Waals surface area contributed by atoms with Gasteiger partial charge in [0.05, 0.1) is 16.7 Å². The molecule has 0 unspecified atom stereocenters. The Bertz CT molecular complexity index is 1070. The third-order valence-electron chi connectivity index (χ3n) is 6.86. The van der Waals surface area contributed by atoms with Crippen molar-refractivity contribution in [2.24, 2.45) is 23.7 Å². The van der Waals surface area contributed by atoms with Gasteiger partial charge in [-0.15, -0.1) is 0 Å². The number of hydrogen-bond acceptors (Lipinski definition) is 4. The van der Waals surface area contributed by atoms with Gasteiger partial charge in [0, 0.05) is 22.9 Å². The molecule has 2 saturated carbocycles. The monoisotopic (exact) mass is 482 g/mol. The van der Waals surface area contributed by atoms with E-state index in [-0.39, 0.29) is 46.5 Å². The van der Waals surface area contributed by atoms with Crippen molar-refractivity contribution in [1.29, 1.82) is 0 Å². The Kier molecular flexibility index (Phi) is 5.08. The molecule has 2 aromatic rings. The van der Waals surface area contributed by atoms with E-state index in [4.69, 9.17) is 4.74 Å². The first-order valence-corrected chi connectivity index (χ1v) is 11.5. The first-order chi connectivity index (χ1) is 15.0. The molecule has 2 bridgehead atoms. The van der Waals surface area contributed by atoms with Crippen molar-refractivity contribution in [2.75, 3.05) is 10.6 Å². The standard InChI is InChI=1S/C24H23BrN2O4/c1-2-12-6-3-4-9-17(12)27-22(28)13-7-5-8-14(10-13)26-23(29)18-15-11-16-19(18)24(30)31-21(16)20(15)25/h3-10,15-16,18-21H,2,11H2,1H3,(H,26,29)(H,27,28)/t15-,16-,18-,19-,20-,21+/m1/s1. The number of benzene rings is 2. The van der Waals surface area contributed by atoms with Crippen molar-refractivity contribution in [3.63, 3.8) is 0 Å². The van der Waals surface area contributed by atoms with Crippen molar-refractivity contribution in [2.45, 2.75) is 30.7 Å². The van der Waals surface area contributed by atoms with Crippen LogP contribution < -0.4 is 10.6 Å². The molecule has 2 aromatic carbocycles. The molecular weight excluding hydrogens is 460 g/mol. The fraction of sp³-hybridized carbons (Fsp3) is 0.375. The van der Waals surface area contributed by atoms with Gasteiger partial charge in [0.2, 0.25) is 5.91 Å². The number of rotatable bonds is 5. The van der Waals surface area contributed by atoms with Crippen LogP contribution in [0.15, 0.2) is 48.5 Å². The average Bonchev–Trinajstić information content (AvgIpc) is 3.38. The lowest BCUT2D eigenvalue weighted by atomic mass is 9.79. The Morgan fingerprint density at radius 1 is 1.10 bits per heavy atom. The Morgan fingerprint density at radius 2 is 1.90 bits per heavy atom. The van der Waals surface area contributed by atoms with Crippen molar-refractivity contribution in [3.05, 3.63) is 59.7 Å². The van der Waals surface area contributed by atoms with Crippen LogP contribution in [-0.4, -0.2) is 28.7 Å². The zero-order valence-corrected chi connectivity index (χ0v) is 18.6. The number of ether oxygens (including phenoxy) is 1. The average molecular weight is 483 g/mol. The summed E-state index contributed by atoms with van der Waals surface area (Å²) in [7, 11) is 0. The molecule has 2 amide bonds. The highest BCUT2D eigenvalue weighted by atomic mass is 79.9. The number of para-hydroxylation sites is 1. The highest BCUT2D eigenvalue weighted by Gasteiger charge is 2.67. The summed E-state index contributed by atoms with van der Waals surface area (Å²) < 4.78 is 5.49. The second kappa shape index (κ2) is 7.79. The van der Waals surface area contributed by atoms with Crippen LogP contribution in [-0.2, 0) is 20.7 Å². The predicted octanol–water partition coefficient (Wildman–Crippen LogP) is 4.01. The molecule has 1 saturated heterocycles. The van der Waals surface area contributed by atoms with E-state index in [1.54, 1.807) is 24.3 Å². The van der Waals surface area contributed by atoms with Crippen LogP contribution >= 0.6 is 15.9 Å². The number of carbonyl (C=O) groups is 3. The van der Waals surface area contributed by atoms with E-state index >= 15 is 0 Å². The predicted molar refractivity (Wildman–Crippen MR) is 120 cm³/mol. The van der Waals surface area contributed by atoms with Crippen molar-refractivity contribution in [1.82, 2.24) is 0 Å². The summed E-state index contributed by atoms with van der Waals surface area (Å²) in [6.07, 6.45) is 1.54. The summed E-state index contributed by atoms with van der Waals surface area (Å²) in [6.45, 7) is 2.04. The van der Waals surface area contributed by atoms with Crippen LogP contribution in [0.2, 0.25) is 0 Å². The molecule has 2 N–H and O–H groups in total. The van der Waals surface area contributed by atoms with Gasteiger partial charge in [0.15, 0.2) is 0 Å². The maximum absolute atomic E-state index is 13.1. The Hall–Kier alpha value is -2.67. The summed E-state index contributed by atoms with van der Waals surface area (Å²) in [5.41, 5.74) is 2.83. The summed E-state index contributed by atoms with van der Waals surface area (Å²) in [4.78, 5) is 38.2. The van der Waals surface area contributed by atoms with Crippen LogP contribution in [0.4, 0.5) is 11.4 Å². The number of aryl methyl sites for hydroxylation is 1. The zero-order valence-electron chi connectivity index (χ0n) is 17.0. The van der Waals surface area contributed by atoms with Crippen LogP contribution in [0.25, 0.3) is 0 Å². The highest BCUT2D eigenvalue weighted by Crippen LogP contribution is 2.60. The van der Waals surface area contributed by atoms with Crippen molar-refractivity contribution in [3.8, 4) is 0 Å². The number of anilines is 2. The molecule has 3 aliphatic rings. The smallest absolute Gasteiger partial charge is 0.310 e. The Balaban J connectivity index is 1.31. The minimum Gasteiger partial charge on any atom is -0.461 e. The number of halogens is 1. The van der Waals surface area contributed by atoms with Crippen LogP contribution in [0.1, 0.15) is 29.3 Å². The number of esters is 1. The van der Waals surface area contributed by atoms with E-state index in [2.05, 4.69) is 26.6 Å². The second-order valence-corrected chi connectivity index (χ2v) is 9.55. The number of carbonyl (C=O) groups excluding carboxylic acids is 3. The van der Waals surface area contributed by atoms with Gasteiger partial charge in [-0.2, -0.15) is 0 Å². The molecule has 0 aromatic heterocycles. The highest BCUT2D eigenvalue weighted by molar-refractivity contribution is 9.09. The largest absolute Gasteiger partial charge is 0.461 e. The topological polar surface area (TPSA) is 84.5 Å². The van der Waals surface area contributed by atoms with E-state index in [1.165, 1.54) is 0 Å². The summed E-state index contributed by atoms with van der Waals surface area (Å²) >= 11 is 3.63. The molecule has 6 atom stereocenters. The maximum Gasteiger partial charge on any atom is 0.310 e. The lowest BCUT2D eigenvalue weighted by Gasteiger charge is -2.27. The normalized spacial score (nSPS) is 30.2. The molecule has 1 aliphatic heterocycles. The fourth-order valence-corrected chi connectivity index (χ4v) is 6.48. The number of nitrogens with one attached hydrogen (secondary N) is 2. The molecule has 160 valence electrons. The van der Waals surface area contributed by atoms with Crippen molar-refractivity contribution >= 4 is 45.1 Å². The van der Waals surface area contributed by atoms with Crippen LogP contribution in [0, 0.1) is 23.7 Å². The molecule has 0 spiro atoms. The molecule has 0 radical (unpaired) electrons. The first-order valence-electron chi connectivity index (χ1n) is 10.6. The lowest BCUT2D eigenvalue weighted by molar-refractivity contribution is -0.145. The summed E-state index contributed by atoms with van der Waals surface area (Å²) in [5.74, 6) is -1.25. The first kappa shape index (κ1) is 20.2. The minimum atomic E-state index is -0.408. The van der Waals surface area contributed by atoms with E-state index in [0.717, 1.165) is 24.1 Å². The zero-order chi connectivity index (χ0) is 21.7. The molecule has 31 heavy (non-hydrogen) atoms. The molecule has 5 rings (SSSR count). The van der Waals surface area contributed by atoms with Crippen molar-refractivity contribution < 1.29 is 19.1 Å². The number of hydrogen-bond donors (Lipinski definition) is 2. The van der Waals surface area contributed by atoms with Gasteiger partial charge in [0.25, 0.3) is 5.91 Å². The molecule has 6 nitrogen and oxygen atoms in total. The quantitative estimate of drug-likeness (QED) is 0.497. The Morgan fingerprint density at radius 3 is 2.71 bits per heavy atom. The minimum absolute atomic E-state index is 0.0201. The van der Waals surface area contributed by atoms with Crippen LogP contribution in [0.3, 0.4) is 0 Å². The fourth-order valence-electron chi connectivity index (χ4n) is 5.44. The number of fused-ring (bicyclic) bond motifs is 1. The third kappa shape index (κ3) is 3.35. The van der Waals surface area contributed by atoms with E-state index < -0.39 is 5.92 Å². The SMILES string of the molecule is CCc1ccccc1NC(=O)c1cccc(NC(=O)[C@@H]2[C@H]3C[C@H]4[C@H](OC(=O)[C@H]42)[C@@H]3Br)c1. The third-order valence-corrected chi connectivity index (χ3v) is 8.06. The van der Waals surface area contributed by atoms with Gasteiger partial charge in [-0.25, -0.2) is 0 Å².